The summed E-state index contributed by atoms with van der Waals surface area (Å²) < 4.78 is 2.62. The van der Waals surface area contributed by atoms with Crippen LogP contribution in [0.15, 0.2) is 24.3 Å². The zero-order chi connectivity index (χ0) is 11.3. The summed E-state index contributed by atoms with van der Waals surface area (Å²) in [5.74, 6) is 0. The smallest absolute Gasteiger partial charge is 0.200 e. The van der Waals surface area contributed by atoms with Gasteiger partial charge in [0.1, 0.15) is 0 Å². The van der Waals surface area contributed by atoms with E-state index in [1.54, 1.807) is 0 Å². The van der Waals surface area contributed by atoms with Crippen molar-refractivity contribution in [1.29, 1.82) is 0 Å². The van der Waals surface area contributed by atoms with Crippen LogP contribution < -0.4 is 0 Å². The second-order valence-electron chi connectivity index (χ2n) is 4.07. The average molecular weight is 229 g/mol. The lowest BCUT2D eigenvalue weighted by Gasteiger charge is -2.05. The van der Waals surface area contributed by atoms with Gasteiger partial charge in [-0.3, -0.25) is 9.50 Å². The molecule has 3 rings (SSSR count). The minimum absolute atomic E-state index is 0.644. The number of benzene rings is 1. The van der Waals surface area contributed by atoms with Crippen molar-refractivity contribution >= 4 is 28.8 Å². The Morgan fingerprint density at radius 3 is 2.88 bits per heavy atom. The maximum Gasteiger partial charge on any atom is 0.200 e. The summed E-state index contributed by atoms with van der Waals surface area (Å²) in [5.41, 5.74) is 4.44. The van der Waals surface area contributed by atoms with E-state index in [0.717, 1.165) is 11.2 Å². The molecule has 3 nitrogen and oxygen atoms in total. The summed E-state index contributed by atoms with van der Waals surface area (Å²) in [6.07, 6.45) is 0. The van der Waals surface area contributed by atoms with Crippen molar-refractivity contribution < 1.29 is 0 Å². The number of fused-ring (bicyclic) bond motifs is 3. The van der Waals surface area contributed by atoms with E-state index in [1.807, 2.05) is 10.5 Å². The molecule has 0 aliphatic heterocycles. The number of hydrogen-bond acceptors (Lipinski definition) is 2. The van der Waals surface area contributed by atoms with Crippen LogP contribution >= 0.6 is 12.2 Å². The third kappa shape index (κ3) is 1.20. The van der Waals surface area contributed by atoms with E-state index in [2.05, 4.69) is 42.2 Å². The van der Waals surface area contributed by atoms with Gasteiger partial charge in [-0.05, 0) is 49.3 Å². The van der Waals surface area contributed by atoms with E-state index in [1.165, 1.54) is 16.5 Å². The Morgan fingerprint density at radius 1 is 1.25 bits per heavy atom. The number of hydrogen-bond donors (Lipinski definition) is 1. The van der Waals surface area contributed by atoms with Gasteiger partial charge in [-0.25, -0.2) is 0 Å². The second-order valence-corrected chi connectivity index (χ2v) is 4.46. The third-order valence-electron chi connectivity index (χ3n) is 2.86. The van der Waals surface area contributed by atoms with Gasteiger partial charge in [-0.15, -0.1) is 0 Å². The number of aromatic nitrogens is 3. The van der Waals surface area contributed by atoms with E-state index < -0.39 is 0 Å². The fraction of sp³-hybridized carbons (Fsp3) is 0.167. The molecule has 80 valence electrons. The second kappa shape index (κ2) is 3.15. The molecule has 0 aliphatic carbocycles. The molecule has 16 heavy (non-hydrogen) atoms. The minimum atomic E-state index is 0.644. The number of H-pyrrole nitrogens is 1. The average Bonchev–Trinajstić information content (AvgIpc) is 2.60. The van der Waals surface area contributed by atoms with Crippen LogP contribution in [-0.4, -0.2) is 14.6 Å². The summed E-state index contributed by atoms with van der Waals surface area (Å²) in [7, 11) is 0. The fourth-order valence-corrected chi connectivity index (χ4v) is 2.31. The molecule has 0 atom stereocenters. The Labute approximate surface area is 97.7 Å². The Bertz CT molecular complexity index is 752. The van der Waals surface area contributed by atoms with Gasteiger partial charge in [-0.2, -0.15) is 5.10 Å². The summed E-state index contributed by atoms with van der Waals surface area (Å²) in [5, 5.41) is 8.25. The van der Waals surface area contributed by atoms with Crippen LogP contribution in [0.5, 0.6) is 0 Å². The Hall–Kier alpha value is -1.68. The quantitative estimate of drug-likeness (QED) is 0.601. The minimum Gasteiger partial charge on any atom is -0.268 e. The fourth-order valence-electron chi connectivity index (χ4n) is 2.07. The predicted molar refractivity (Wildman–Crippen MR) is 67.4 cm³/mol. The lowest BCUT2D eigenvalue weighted by atomic mass is 10.1. The van der Waals surface area contributed by atoms with Crippen LogP contribution in [-0.2, 0) is 0 Å². The molecule has 4 heteroatoms. The van der Waals surface area contributed by atoms with Crippen LogP contribution in [0.25, 0.3) is 16.6 Å². The topological polar surface area (TPSA) is 33.1 Å². The van der Waals surface area contributed by atoms with Gasteiger partial charge >= 0.3 is 0 Å². The van der Waals surface area contributed by atoms with Crippen LogP contribution in [0.4, 0.5) is 0 Å². The maximum atomic E-state index is 5.25. The molecule has 0 radical (unpaired) electrons. The standard InChI is InChI=1S/C12H11N3S/c1-7-3-4-9-8(2)6-11-13-14-12(16)15(11)10(9)5-7/h3-6H,1-2H3,(H,14,16). The number of aromatic amines is 1. The highest BCUT2D eigenvalue weighted by atomic mass is 32.1. The predicted octanol–water partition coefficient (Wildman–Crippen LogP) is 3.16. The largest absolute Gasteiger partial charge is 0.268 e. The van der Waals surface area contributed by atoms with Crippen LogP contribution in [0, 0.1) is 18.6 Å². The molecular formula is C12H11N3S. The van der Waals surface area contributed by atoms with Crippen molar-refractivity contribution in [1.82, 2.24) is 14.6 Å². The van der Waals surface area contributed by atoms with Gasteiger partial charge in [0.2, 0.25) is 0 Å². The zero-order valence-corrected chi connectivity index (χ0v) is 9.93. The van der Waals surface area contributed by atoms with Gasteiger partial charge in [0.05, 0.1) is 5.52 Å². The molecule has 0 saturated heterocycles. The Morgan fingerprint density at radius 2 is 2.06 bits per heavy atom. The van der Waals surface area contributed by atoms with Gasteiger partial charge in [0.25, 0.3) is 0 Å². The van der Waals surface area contributed by atoms with E-state index >= 15 is 0 Å². The summed E-state index contributed by atoms with van der Waals surface area (Å²) >= 11 is 5.25. The molecule has 0 spiro atoms. The molecule has 2 heterocycles. The van der Waals surface area contributed by atoms with E-state index in [9.17, 15) is 0 Å². The van der Waals surface area contributed by atoms with Crippen LogP contribution in [0.2, 0.25) is 0 Å². The lowest BCUT2D eigenvalue weighted by molar-refractivity contribution is 1.09. The van der Waals surface area contributed by atoms with Gasteiger partial charge in [0.15, 0.2) is 10.4 Å². The number of nitrogens with zero attached hydrogens (tertiary/aromatic N) is 2. The summed E-state index contributed by atoms with van der Waals surface area (Å²) in [6, 6.07) is 8.43. The van der Waals surface area contributed by atoms with Crippen molar-refractivity contribution in [2.45, 2.75) is 13.8 Å². The first-order chi connectivity index (χ1) is 7.66. The van der Waals surface area contributed by atoms with Gasteiger partial charge in [0, 0.05) is 5.39 Å². The Balaban J connectivity index is 2.70. The van der Waals surface area contributed by atoms with Crippen LogP contribution in [0.1, 0.15) is 11.1 Å². The zero-order valence-electron chi connectivity index (χ0n) is 9.11. The molecule has 0 fully saturated rings. The molecule has 0 amide bonds. The molecule has 0 aliphatic rings. The maximum absolute atomic E-state index is 5.25. The first-order valence-electron chi connectivity index (χ1n) is 5.14. The summed E-state index contributed by atoms with van der Waals surface area (Å²) in [6.45, 7) is 4.17. The number of aryl methyl sites for hydroxylation is 2. The molecule has 1 N–H and O–H groups in total. The summed E-state index contributed by atoms with van der Waals surface area (Å²) in [4.78, 5) is 0. The van der Waals surface area contributed by atoms with E-state index in [4.69, 9.17) is 12.2 Å². The number of rotatable bonds is 0. The van der Waals surface area contributed by atoms with Crippen molar-refractivity contribution in [2.24, 2.45) is 0 Å². The molecule has 0 unspecified atom stereocenters. The number of pyridine rings is 1. The first-order valence-corrected chi connectivity index (χ1v) is 5.55. The molecule has 0 bridgehead atoms. The van der Waals surface area contributed by atoms with E-state index in [0.29, 0.717) is 4.77 Å². The van der Waals surface area contributed by atoms with Gasteiger partial charge < -0.3 is 0 Å². The lowest BCUT2D eigenvalue weighted by Crippen LogP contribution is -1.91. The molecular weight excluding hydrogens is 218 g/mol. The molecule has 2 aromatic heterocycles. The normalized spacial score (nSPS) is 11.4. The molecule has 0 saturated carbocycles. The van der Waals surface area contributed by atoms with Crippen molar-refractivity contribution in [3.05, 3.63) is 40.2 Å². The van der Waals surface area contributed by atoms with Crippen molar-refractivity contribution in [2.75, 3.05) is 0 Å². The monoisotopic (exact) mass is 229 g/mol. The SMILES string of the molecule is Cc1ccc2c(C)cc3n[nH]c(=S)n3c2c1. The van der Waals surface area contributed by atoms with Crippen molar-refractivity contribution in [3.8, 4) is 0 Å². The Kier molecular flexibility index (Phi) is 1.88. The number of nitrogens with one attached hydrogen (secondary N) is 1. The van der Waals surface area contributed by atoms with Crippen LogP contribution in [0.3, 0.4) is 0 Å². The van der Waals surface area contributed by atoms with Gasteiger partial charge in [-0.1, -0.05) is 12.1 Å². The van der Waals surface area contributed by atoms with E-state index in [-0.39, 0.29) is 0 Å². The molecule has 3 aromatic rings. The van der Waals surface area contributed by atoms with Crippen molar-refractivity contribution in [3.63, 3.8) is 0 Å². The highest BCUT2D eigenvalue weighted by molar-refractivity contribution is 7.71. The third-order valence-corrected chi connectivity index (χ3v) is 3.14. The molecule has 1 aromatic carbocycles. The first kappa shape index (κ1) is 9.54. The highest BCUT2D eigenvalue weighted by Crippen LogP contribution is 2.21. The highest BCUT2D eigenvalue weighted by Gasteiger charge is 2.06.